The van der Waals surface area contributed by atoms with Gasteiger partial charge >= 0.3 is 11.9 Å². The molecule has 13 nitrogen and oxygen atoms in total. The molecule has 2 rings (SSSR count). The Bertz CT molecular complexity index is 1100. The number of nitrogen functional groups attached to an aromatic ring is 1. The monoisotopic (exact) mass is 555 g/mol. The normalized spacial score (nSPS) is 15.7. The van der Waals surface area contributed by atoms with Crippen molar-refractivity contribution in [1.29, 1.82) is 0 Å². The van der Waals surface area contributed by atoms with Crippen LogP contribution in [0, 0.1) is 5.92 Å². The van der Waals surface area contributed by atoms with E-state index in [1.54, 1.807) is 38.6 Å². The Kier molecular flexibility index (Phi) is 12.6. The molecule has 4 atom stereocenters. The van der Waals surface area contributed by atoms with Crippen LogP contribution in [0.4, 0.5) is 5.82 Å². The summed E-state index contributed by atoms with van der Waals surface area (Å²) in [5.74, 6) is -1.21. The number of hydrogen-bond donors (Lipinski definition) is 3. The number of carbonyl (C=O) groups is 2. The number of anilines is 1. The zero-order chi connectivity index (χ0) is 28.3. The number of unbranched alkanes of at least 4 members (excludes halogenated alkanes) is 2. The standard InChI is InChI=1S/C24H42N7O6P/c1-7-8-9-10-35-24(33)19(6)30-38(34,29-11-17(4)23(32)37-16(2)3)15-36-18(5)12-31-14-28-20-21(25)26-13-27-22(20)31/h13-14,16-19H,7-12,15H2,1-6H3,(H2,25,26,27)(H2,29,30,34)/t17-,18+,19+,38?/m0/s1. The molecule has 4 N–H and O–H groups in total. The Labute approximate surface area is 224 Å². The Morgan fingerprint density at radius 3 is 2.53 bits per heavy atom. The lowest BCUT2D eigenvalue weighted by Gasteiger charge is -2.26. The molecule has 2 heterocycles. The number of aromatic nitrogens is 4. The van der Waals surface area contributed by atoms with Crippen molar-refractivity contribution in [3.05, 3.63) is 12.7 Å². The fourth-order valence-electron chi connectivity index (χ4n) is 3.45. The summed E-state index contributed by atoms with van der Waals surface area (Å²) in [7, 11) is -3.50. The van der Waals surface area contributed by atoms with Gasteiger partial charge in [0.25, 0.3) is 0 Å². The highest BCUT2D eigenvalue weighted by Crippen LogP contribution is 2.37. The summed E-state index contributed by atoms with van der Waals surface area (Å²) in [5.41, 5.74) is 6.90. The van der Waals surface area contributed by atoms with Gasteiger partial charge in [-0.05, 0) is 34.1 Å². The van der Waals surface area contributed by atoms with Crippen molar-refractivity contribution in [2.24, 2.45) is 5.92 Å². The summed E-state index contributed by atoms with van der Waals surface area (Å²) in [6.45, 7) is 11.4. The van der Waals surface area contributed by atoms with Crippen LogP contribution in [-0.2, 0) is 34.9 Å². The van der Waals surface area contributed by atoms with Crippen molar-refractivity contribution < 1.29 is 28.4 Å². The van der Waals surface area contributed by atoms with Crippen molar-refractivity contribution in [2.45, 2.75) is 85.6 Å². The molecule has 0 saturated heterocycles. The molecule has 0 spiro atoms. The number of nitrogens with one attached hydrogen (secondary N) is 2. The van der Waals surface area contributed by atoms with Crippen LogP contribution >= 0.6 is 7.44 Å². The number of carbonyl (C=O) groups excluding carboxylic acids is 2. The number of nitrogens with two attached hydrogens (primary N) is 1. The molecule has 0 bridgehead atoms. The van der Waals surface area contributed by atoms with Crippen LogP contribution in [-0.4, -0.2) is 69.2 Å². The van der Waals surface area contributed by atoms with Crippen LogP contribution in [0.25, 0.3) is 11.2 Å². The van der Waals surface area contributed by atoms with Gasteiger partial charge in [0, 0.05) is 6.54 Å². The molecular weight excluding hydrogens is 513 g/mol. The summed E-state index contributed by atoms with van der Waals surface area (Å²) < 4.78 is 32.1. The van der Waals surface area contributed by atoms with Gasteiger partial charge in [-0.15, -0.1) is 0 Å². The zero-order valence-electron chi connectivity index (χ0n) is 23.2. The maximum atomic E-state index is 13.9. The molecule has 0 aliphatic heterocycles. The fraction of sp³-hybridized carbons (Fsp3) is 0.708. The molecule has 2 aromatic heterocycles. The minimum Gasteiger partial charge on any atom is -0.465 e. The number of nitrogens with zero attached hydrogens (tertiary/aromatic N) is 4. The molecule has 0 radical (unpaired) electrons. The van der Waals surface area contributed by atoms with Crippen molar-refractivity contribution in [1.82, 2.24) is 29.7 Å². The first-order valence-electron chi connectivity index (χ1n) is 13.0. The summed E-state index contributed by atoms with van der Waals surface area (Å²) in [5, 5.41) is 5.78. The molecule has 0 aliphatic carbocycles. The summed E-state index contributed by atoms with van der Waals surface area (Å²) in [6.07, 6.45) is 4.77. The highest BCUT2D eigenvalue weighted by atomic mass is 31.2. The Balaban J connectivity index is 2.05. The van der Waals surface area contributed by atoms with Crippen LogP contribution in [0.2, 0.25) is 0 Å². The average Bonchev–Trinajstić information content (AvgIpc) is 3.27. The van der Waals surface area contributed by atoms with Gasteiger partial charge in [-0.3, -0.25) is 19.2 Å². The molecule has 14 heteroatoms. The third-order valence-electron chi connectivity index (χ3n) is 5.58. The summed E-state index contributed by atoms with van der Waals surface area (Å²) in [6, 6.07) is -0.857. The van der Waals surface area contributed by atoms with Gasteiger partial charge in [-0.1, -0.05) is 26.7 Å². The van der Waals surface area contributed by atoms with Crippen molar-refractivity contribution in [2.75, 3.05) is 25.2 Å². The van der Waals surface area contributed by atoms with Gasteiger partial charge in [-0.25, -0.2) is 20.0 Å². The molecule has 0 aromatic carbocycles. The van der Waals surface area contributed by atoms with Crippen LogP contribution < -0.4 is 15.9 Å². The summed E-state index contributed by atoms with van der Waals surface area (Å²) in [4.78, 5) is 37.1. The molecular formula is C24H42N7O6P. The van der Waals surface area contributed by atoms with Crippen LogP contribution in [0.5, 0.6) is 0 Å². The molecule has 0 fully saturated rings. The van der Waals surface area contributed by atoms with Crippen LogP contribution in [0.15, 0.2) is 12.7 Å². The minimum absolute atomic E-state index is 0.0637. The van der Waals surface area contributed by atoms with E-state index in [1.807, 2.05) is 6.92 Å². The first-order chi connectivity index (χ1) is 18.0. The van der Waals surface area contributed by atoms with Crippen LogP contribution in [0.3, 0.4) is 0 Å². The second-order valence-corrected chi connectivity index (χ2v) is 12.0. The second-order valence-electron chi connectivity index (χ2n) is 9.65. The highest BCUT2D eigenvalue weighted by molar-refractivity contribution is 7.59. The van der Waals surface area contributed by atoms with E-state index >= 15 is 0 Å². The van der Waals surface area contributed by atoms with Gasteiger partial charge in [-0.2, -0.15) is 0 Å². The third-order valence-corrected chi connectivity index (χ3v) is 7.59. The smallest absolute Gasteiger partial charge is 0.323 e. The Morgan fingerprint density at radius 2 is 1.84 bits per heavy atom. The quantitative estimate of drug-likeness (QED) is 0.148. The second kappa shape index (κ2) is 15.1. The van der Waals surface area contributed by atoms with Gasteiger partial charge in [0.05, 0.1) is 37.6 Å². The number of ether oxygens (including phenoxy) is 3. The molecule has 1 unspecified atom stereocenters. The van der Waals surface area contributed by atoms with E-state index in [0.29, 0.717) is 24.3 Å². The molecule has 0 amide bonds. The maximum absolute atomic E-state index is 13.9. The number of imidazole rings is 1. The molecule has 0 saturated carbocycles. The Hall–Kier alpha value is -2.60. The first kappa shape index (κ1) is 31.6. The predicted molar refractivity (Wildman–Crippen MR) is 144 cm³/mol. The van der Waals surface area contributed by atoms with Gasteiger partial charge in [0.1, 0.15) is 24.2 Å². The lowest BCUT2D eigenvalue weighted by atomic mass is 10.2. The molecule has 2 aromatic rings. The molecule has 38 heavy (non-hydrogen) atoms. The number of esters is 2. The number of rotatable bonds is 17. The van der Waals surface area contributed by atoms with E-state index in [-0.39, 0.29) is 24.8 Å². The molecule has 214 valence electrons. The predicted octanol–water partition coefficient (Wildman–Crippen LogP) is 2.85. The first-order valence-corrected chi connectivity index (χ1v) is 14.9. The highest BCUT2D eigenvalue weighted by Gasteiger charge is 2.30. The van der Waals surface area contributed by atoms with Gasteiger partial charge < -0.3 is 24.5 Å². The lowest BCUT2D eigenvalue weighted by molar-refractivity contribution is -0.151. The minimum atomic E-state index is -3.50. The number of fused-ring (bicyclic) bond motifs is 1. The summed E-state index contributed by atoms with van der Waals surface area (Å²) >= 11 is 0. The molecule has 0 aliphatic rings. The fourth-order valence-corrected chi connectivity index (χ4v) is 5.48. The Morgan fingerprint density at radius 1 is 1.11 bits per heavy atom. The largest absolute Gasteiger partial charge is 0.465 e. The van der Waals surface area contributed by atoms with Crippen molar-refractivity contribution >= 4 is 36.4 Å². The maximum Gasteiger partial charge on any atom is 0.323 e. The topological polar surface area (TPSA) is 173 Å². The SMILES string of the molecule is CCCCCOC(=O)[C@@H](C)NP(=O)(CO[C@H](C)Cn1cnc2c(N)ncnc21)NC[C@H](C)C(=O)OC(C)C. The van der Waals surface area contributed by atoms with E-state index in [1.165, 1.54) is 6.33 Å². The van der Waals surface area contributed by atoms with Gasteiger partial charge in [0.15, 0.2) is 11.5 Å². The van der Waals surface area contributed by atoms with Gasteiger partial charge in [0.2, 0.25) is 7.44 Å². The average molecular weight is 556 g/mol. The third kappa shape index (κ3) is 9.94. The number of hydrogen-bond acceptors (Lipinski definition) is 10. The van der Waals surface area contributed by atoms with E-state index in [9.17, 15) is 14.2 Å². The van der Waals surface area contributed by atoms with E-state index in [2.05, 4.69) is 32.1 Å². The van der Waals surface area contributed by atoms with E-state index < -0.39 is 37.4 Å². The zero-order valence-corrected chi connectivity index (χ0v) is 24.1. The van der Waals surface area contributed by atoms with E-state index in [0.717, 1.165) is 19.3 Å². The lowest BCUT2D eigenvalue weighted by Crippen LogP contribution is -2.40. The van der Waals surface area contributed by atoms with Crippen molar-refractivity contribution in [3.8, 4) is 0 Å². The van der Waals surface area contributed by atoms with E-state index in [4.69, 9.17) is 19.9 Å². The van der Waals surface area contributed by atoms with Crippen molar-refractivity contribution in [3.63, 3.8) is 0 Å². The van der Waals surface area contributed by atoms with Crippen LogP contribution in [0.1, 0.15) is 60.8 Å².